The van der Waals surface area contributed by atoms with Crippen LogP contribution in [0, 0.1) is 17.2 Å². The molecule has 2 aliphatic rings. The summed E-state index contributed by atoms with van der Waals surface area (Å²) in [7, 11) is 0. The summed E-state index contributed by atoms with van der Waals surface area (Å²) >= 11 is 0. The van der Waals surface area contributed by atoms with Crippen LogP contribution in [-0.2, 0) is 21.5 Å². The van der Waals surface area contributed by atoms with Crippen molar-refractivity contribution in [1.29, 1.82) is 5.26 Å². The molecule has 0 spiro atoms. The van der Waals surface area contributed by atoms with E-state index in [-0.39, 0.29) is 18.3 Å². The molecule has 0 amide bonds. The maximum absolute atomic E-state index is 12.5. The second kappa shape index (κ2) is 6.20. The number of aromatic amines is 1. The molecule has 130 valence electrons. The van der Waals surface area contributed by atoms with Crippen molar-refractivity contribution in [1.82, 2.24) is 9.88 Å². The predicted molar refractivity (Wildman–Crippen MR) is 94.8 cm³/mol. The largest absolute Gasteiger partial charge is 0.466 e. The molecule has 25 heavy (non-hydrogen) atoms. The number of nitriles is 1. The zero-order valence-electron chi connectivity index (χ0n) is 14.5. The minimum atomic E-state index is -0.591. The summed E-state index contributed by atoms with van der Waals surface area (Å²) in [6.07, 6.45) is 3.00. The van der Waals surface area contributed by atoms with Crippen LogP contribution in [0.25, 0.3) is 10.9 Å². The van der Waals surface area contributed by atoms with Crippen molar-refractivity contribution in [3.63, 3.8) is 0 Å². The van der Waals surface area contributed by atoms with Crippen molar-refractivity contribution in [2.24, 2.45) is 5.92 Å². The van der Waals surface area contributed by atoms with Crippen molar-refractivity contribution in [2.75, 3.05) is 19.7 Å². The minimum Gasteiger partial charge on any atom is -0.466 e. The highest BCUT2D eigenvalue weighted by Crippen LogP contribution is 2.49. The quantitative estimate of drug-likeness (QED) is 0.874. The first kappa shape index (κ1) is 16.2. The van der Waals surface area contributed by atoms with Crippen LogP contribution in [-0.4, -0.2) is 35.5 Å². The van der Waals surface area contributed by atoms with E-state index in [9.17, 15) is 10.1 Å². The molecule has 5 nitrogen and oxygen atoms in total. The first-order chi connectivity index (χ1) is 12.2. The van der Waals surface area contributed by atoms with Gasteiger partial charge in [-0.15, -0.1) is 0 Å². The number of hydrogen-bond donors (Lipinski definition) is 1. The van der Waals surface area contributed by atoms with Gasteiger partial charge in [-0.2, -0.15) is 5.26 Å². The number of para-hydroxylation sites is 1. The molecule has 0 aliphatic carbocycles. The van der Waals surface area contributed by atoms with Crippen molar-refractivity contribution in [2.45, 2.75) is 38.1 Å². The molecule has 5 heteroatoms. The fraction of sp³-hybridized carbons (Fsp3) is 0.500. The number of rotatable bonds is 3. The SMILES string of the molecule is CCOC(=O)C[C@]12c3[nH]c4ccccc4c3CCN1CCC[C@H]2C#N. The molecule has 0 unspecified atom stereocenters. The van der Waals surface area contributed by atoms with Crippen molar-refractivity contribution in [3.8, 4) is 6.07 Å². The second-order valence-corrected chi connectivity index (χ2v) is 6.99. The number of ether oxygens (including phenoxy) is 1. The van der Waals surface area contributed by atoms with Crippen molar-refractivity contribution in [3.05, 3.63) is 35.5 Å². The Bertz CT molecular complexity index is 850. The third-order valence-corrected chi connectivity index (χ3v) is 5.81. The van der Waals surface area contributed by atoms with Gasteiger partial charge in [-0.05, 0) is 44.4 Å². The van der Waals surface area contributed by atoms with Gasteiger partial charge in [0.25, 0.3) is 0 Å². The Morgan fingerprint density at radius 1 is 1.44 bits per heavy atom. The molecule has 0 radical (unpaired) electrons. The molecule has 2 aromatic rings. The number of carbonyl (C=O) groups is 1. The number of nitrogens with one attached hydrogen (secondary N) is 1. The summed E-state index contributed by atoms with van der Waals surface area (Å²) in [5.74, 6) is -0.432. The minimum absolute atomic E-state index is 0.210. The van der Waals surface area contributed by atoms with Gasteiger partial charge in [-0.1, -0.05) is 18.2 Å². The van der Waals surface area contributed by atoms with Crippen LogP contribution in [0.2, 0.25) is 0 Å². The number of esters is 1. The number of H-pyrrole nitrogens is 1. The summed E-state index contributed by atoms with van der Waals surface area (Å²) in [5, 5.41) is 11.1. The van der Waals surface area contributed by atoms with E-state index >= 15 is 0 Å². The van der Waals surface area contributed by atoms with Crippen LogP contribution in [0.4, 0.5) is 0 Å². The normalized spacial score (nSPS) is 25.8. The van der Waals surface area contributed by atoms with Gasteiger partial charge < -0.3 is 9.72 Å². The third-order valence-electron chi connectivity index (χ3n) is 5.81. The lowest BCUT2D eigenvalue weighted by Crippen LogP contribution is -2.58. The van der Waals surface area contributed by atoms with Gasteiger partial charge in [-0.25, -0.2) is 0 Å². The Balaban J connectivity index is 1.92. The summed E-state index contributed by atoms with van der Waals surface area (Å²) in [4.78, 5) is 18.4. The van der Waals surface area contributed by atoms with E-state index in [2.05, 4.69) is 28.1 Å². The van der Waals surface area contributed by atoms with E-state index in [1.165, 1.54) is 10.9 Å². The first-order valence-electron chi connectivity index (χ1n) is 9.11. The highest BCUT2D eigenvalue weighted by Gasteiger charge is 2.53. The second-order valence-electron chi connectivity index (χ2n) is 6.99. The number of hydrogen-bond acceptors (Lipinski definition) is 4. The maximum Gasteiger partial charge on any atom is 0.308 e. The van der Waals surface area contributed by atoms with Crippen LogP contribution in [0.1, 0.15) is 37.4 Å². The highest BCUT2D eigenvalue weighted by atomic mass is 16.5. The molecule has 1 aromatic carbocycles. The van der Waals surface area contributed by atoms with Crippen LogP contribution < -0.4 is 0 Å². The van der Waals surface area contributed by atoms with Crippen molar-refractivity contribution >= 4 is 16.9 Å². The third kappa shape index (κ3) is 2.36. The number of carbonyl (C=O) groups excluding carboxylic acids is 1. The molecular formula is C20H23N3O2. The number of benzene rings is 1. The molecule has 3 heterocycles. The standard InChI is InChI=1S/C20H23N3O2/c1-2-25-18(24)12-20-14(13-21)6-5-10-23(20)11-9-16-15-7-3-4-8-17(15)22-19(16)20/h3-4,7-8,14,22H,2,5-6,9-12H2,1H3/t14-,20-/m0/s1. The molecule has 2 aliphatic heterocycles. The summed E-state index contributed by atoms with van der Waals surface area (Å²) in [5.41, 5.74) is 2.81. The number of piperidine rings is 1. The van der Waals surface area contributed by atoms with Gasteiger partial charge >= 0.3 is 5.97 Å². The number of fused-ring (bicyclic) bond motifs is 5. The molecule has 2 atom stereocenters. The first-order valence-corrected chi connectivity index (χ1v) is 9.11. The highest BCUT2D eigenvalue weighted by molar-refractivity contribution is 5.86. The monoisotopic (exact) mass is 337 g/mol. The van der Waals surface area contributed by atoms with Crippen LogP contribution in [0.15, 0.2) is 24.3 Å². The van der Waals surface area contributed by atoms with E-state index < -0.39 is 5.54 Å². The molecular weight excluding hydrogens is 314 g/mol. The van der Waals surface area contributed by atoms with Gasteiger partial charge in [0.1, 0.15) is 0 Å². The number of aromatic nitrogens is 1. The van der Waals surface area contributed by atoms with Crippen LogP contribution in [0.3, 0.4) is 0 Å². The Morgan fingerprint density at radius 3 is 3.08 bits per heavy atom. The average molecular weight is 337 g/mol. The lowest BCUT2D eigenvalue weighted by Gasteiger charge is -2.52. The van der Waals surface area contributed by atoms with Gasteiger partial charge in [0.15, 0.2) is 0 Å². The molecule has 1 N–H and O–H groups in total. The van der Waals surface area contributed by atoms with Gasteiger partial charge in [0.2, 0.25) is 0 Å². The van der Waals surface area contributed by atoms with E-state index in [4.69, 9.17) is 4.74 Å². The molecule has 1 fully saturated rings. The number of nitrogens with zero attached hydrogens (tertiary/aromatic N) is 2. The van der Waals surface area contributed by atoms with E-state index in [1.54, 1.807) is 0 Å². The van der Waals surface area contributed by atoms with Crippen molar-refractivity contribution < 1.29 is 9.53 Å². The van der Waals surface area contributed by atoms with E-state index in [0.717, 1.165) is 43.6 Å². The fourth-order valence-electron chi connectivity index (χ4n) is 4.79. The van der Waals surface area contributed by atoms with E-state index in [0.29, 0.717) is 6.61 Å². The van der Waals surface area contributed by atoms with Crippen LogP contribution in [0.5, 0.6) is 0 Å². The Morgan fingerprint density at radius 2 is 2.28 bits per heavy atom. The zero-order valence-corrected chi connectivity index (χ0v) is 14.5. The molecule has 1 saturated heterocycles. The predicted octanol–water partition coefficient (Wildman–Crippen LogP) is 3.11. The average Bonchev–Trinajstić information content (AvgIpc) is 3.01. The molecule has 4 rings (SSSR count). The van der Waals surface area contributed by atoms with Gasteiger partial charge in [0, 0.05) is 23.1 Å². The Hall–Kier alpha value is -2.32. The Labute approximate surface area is 147 Å². The summed E-state index contributed by atoms with van der Waals surface area (Å²) in [6, 6.07) is 10.8. The summed E-state index contributed by atoms with van der Waals surface area (Å²) < 4.78 is 5.28. The molecule has 0 saturated carbocycles. The van der Waals surface area contributed by atoms with Gasteiger partial charge in [-0.3, -0.25) is 9.69 Å². The molecule has 0 bridgehead atoms. The lowest BCUT2D eigenvalue weighted by atomic mass is 9.69. The molecule has 1 aromatic heterocycles. The fourth-order valence-corrected chi connectivity index (χ4v) is 4.79. The Kier molecular flexibility index (Phi) is 4.01. The van der Waals surface area contributed by atoms with E-state index in [1.807, 2.05) is 19.1 Å². The van der Waals surface area contributed by atoms with Gasteiger partial charge in [0.05, 0.1) is 30.6 Å². The summed E-state index contributed by atoms with van der Waals surface area (Å²) in [6.45, 7) is 4.00. The lowest BCUT2D eigenvalue weighted by molar-refractivity contribution is -0.149. The maximum atomic E-state index is 12.5. The van der Waals surface area contributed by atoms with Crippen LogP contribution >= 0.6 is 0 Å². The zero-order chi connectivity index (χ0) is 17.4. The smallest absolute Gasteiger partial charge is 0.308 e. The topological polar surface area (TPSA) is 69.1 Å².